The van der Waals surface area contributed by atoms with Crippen molar-refractivity contribution in [3.05, 3.63) is 50.6 Å². The number of carbonyl (C=O) groups excluding carboxylic acids is 1. The summed E-state index contributed by atoms with van der Waals surface area (Å²) in [6.07, 6.45) is 1.54. The lowest BCUT2D eigenvalue weighted by Gasteiger charge is -2.15. The molecule has 0 aromatic carbocycles. The molecule has 3 heterocycles. The Kier molecular flexibility index (Phi) is 3.52. The van der Waals surface area contributed by atoms with Gasteiger partial charge in [0.05, 0.1) is 17.1 Å². The van der Waals surface area contributed by atoms with E-state index in [2.05, 4.69) is 15.0 Å². The highest BCUT2D eigenvalue weighted by Gasteiger charge is 2.15. The fraction of sp³-hybridized carbons (Fsp3) is 0.154. The minimum atomic E-state index is -0.227. The molecule has 3 aromatic rings. The van der Waals surface area contributed by atoms with Crippen LogP contribution in [0, 0.1) is 0 Å². The van der Waals surface area contributed by atoms with Gasteiger partial charge >= 0.3 is 0 Å². The second kappa shape index (κ2) is 5.34. The zero-order chi connectivity index (χ0) is 15.0. The SMILES string of the molecule is CN(Cc1nc2ccsc2c(=O)[nH]1)C(=O)c1cc(Cl)c[nH]1. The predicted molar refractivity (Wildman–Crippen MR) is 81.8 cm³/mol. The second-order valence-corrected chi connectivity index (χ2v) is 5.89. The summed E-state index contributed by atoms with van der Waals surface area (Å²) in [4.78, 5) is 35.3. The molecule has 3 rings (SSSR count). The van der Waals surface area contributed by atoms with Gasteiger partial charge < -0.3 is 14.9 Å². The Bertz CT molecular complexity index is 866. The Morgan fingerprint density at radius 1 is 1.52 bits per heavy atom. The summed E-state index contributed by atoms with van der Waals surface area (Å²) in [6.45, 7) is 0.205. The van der Waals surface area contributed by atoms with E-state index in [9.17, 15) is 9.59 Å². The van der Waals surface area contributed by atoms with Crippen LogP contribution in [0.3, 0.4) is 0 Å². The summed E-state index contributed by atoms with van der Waals surface area (Å²) < 4.78 is 0.587. The zero-order valence-corrected chi connectivity index (χ0v) is 12.6. The predicted octanol–water partition coefficient (Wildman–Crippen LogP) is 2.24. The molecule has 0 bridgehead atoms. The van der Waals surface area contributed by atoms with E-state index in [4.69, 9.17) is 11.6 Å². The van der Waals surface area contributed by atoms with Crippen LogP contribution in [-0.2, 0) is 6.54 Å². The van der Waals surface area contributed by atoms with E-state index in [-0.39, 0.29) is 18.0 Å². The average Bonchev–Trinajstić information content (AvgIpc) is 3.06. The topological polar surface area (TPSA) is 81.8 Å². The van der Waals surface area contributed by atoms with Gasteiger partial charge in [-0.2, -0.15) is 0 Å². The van der Waals surface area contributed by atoms with Crippen LogP contribution < -0.4 is 5.56 Å². The zero-order valence-electron chi connectivity index (χ0n) is 11.0. The van der Waals surface area contributed by atoms with E-state index in [1.54, 1.807) is 25.4 Å². The van der Waals surface area contributed by atoms with Crippen molar-refractivity contribution in [2.75, 3.05) is 7.05 Å². The monoisotopic (exact) mass is 322 g/mol. The van der Waals surface area contributed by atoms with Gasteiger partial charge in [0.2, 0.25) is 0 Å². The average molecular weight is 323 g/mol. The lowest BCUT2D eigenvalue weighted by molar-refractivity contribution is 0.0776. The van der Waals surface area contributed by atoms with Gasteiger partial charge in [0.1, 0.15) is 16.2 Å². The summed E-state index contributed by atoms with van der Waals surface area (Å²) in [5.74, 6) is 0.217. The number of halogens is 1. The van der Waals surface area contributed by atoms with Gasteiger partial charge in [0.25, 0.3) is 11.5 Å². The van der Waals surface area contributed by atoms with Crippen LogP contribution in [0.15, 0.2) is 28.5 Å². The van der Waals surface area contributed by atoms with Crippen LogP contribution in [0.5, 0.6) is 0 Å². The second-order valence-electron chi connectivity index (χ2n) is 4.54. The Morgan fingerprint density at radius 2 is 2.33 bits per heavy atom. The molecule has 0 aliphatic rings. The molecule has 0 aliphatic carbocycles. The number of aromatic amines is 2. The third kappa shape index (κ3) is 2.70. The Labute approximate surface area is 128 Å². The molecule has 0 radical (unpaired) electrons. The fourth-order valence-electron chi connectivity index (χ4n) is 1.99. The van der Waals surface area contributed by atoms with Gasteiger partial charge in [-0.05, 0) is 17.5 Å². The molecule has 0 aliphatic heterocycles. The molecule has 0 saturated heterocycles. The number of nitrogens with zero attached hydrogens (tertiary/aromatic N) is 2. The maximum atomic E-state index is 12.2. The van der Waals surface area contributed by atoms with Gasteiger partial charge in [0.15, 0.2) is 0 Å². The summed E-state index contributed by atoms with van der Waals surface area (Å²) in [5, 5.41) is 2.28. The number of nitrogens with one attached hydrogen (secondary N) is 2. The third-order valence-electron chi connectivity index (χ3n) is 2.98. The van der Waals surface area contributed by atoms with Crippen molar-refractivity contribution in [3.63, 3.8) is 0 Å². The molecular formula is C13H11ClN4O2S. The summed E-state index contributed by atoms with van der Waals surface area (Å²) in [6, 6.07) is 3.34. The minimum absolute atomic E-state index is 0.186. The number of aromatic nitrogens is 3. The first-order chi connectivity index (χ1) is 10.0. The molecule has 2 N–H and O–H groups in total. The third-order valence-corrected chi connectivity index (χ3v) is 4.10. The molecule has 21 heavy (non-hydrogen) atoms. The van der Waals surface area contributed by atoms with E-state index < -0.39 is 0 Å². The number of amides is 1. The first-order valence-electron chi connectivity index (χ1n) is 6.10. The molecule has 8 heteroatoms. The highest BCUT2D eigenvalue weighted by molar-refractivity contribution is 7.17. The van der Waals surface area contributed by atoms with Crippen LogP contribution in [0.25, 0.3) is 10.2 Å². The maximum Gasteiger partial charge on any atom is 0.270 e. The smallest absolute Gasteiger partial charge is 0.270 e. The van der Waals surface area contributed by atoms with E-state index >= 15 is 0 Å². The molecule has 108 valence electrons. The highest BCUT2D eigenvalue weighted by Crippen LogP contribution is 2.15. The largest absolute Gasteiger partial charge is 0.356 e. The van der Waals surface area contributed by atoms with Gasteiger partial charge in [-0.3, -0.25) is 9.59 Å². The summed E-state index contributed by atoms with van der Waals surface area (Å²) in [5.41, 5.74) is 0.845. The van der Waals surface area contributed by atoms with Crippen LogP contribution in [0.2, 0.25) is 5.02 Å². The van der Waals surface area contributed by atoms with Crippen molar-refractivity contribution in [1.29, 1.82) is 0 Å². The number of fused-ring (bicyclic) bond motifs is 1. The first kappa shape index (κ1) is 13.8. The number of hydrogen-bond acceptors (Lipinski definition) is 4. The van der Waals surface area contributed by atoms with E-state index in [0.29, 0.717) is 26.8 Å². The molecule has 0 atom stereocenters. The first-order valence-corrected chi connectivity index (χ1v) is 7.36. The van der Waals surface area contributed by atoms with Gasteiger partial charge in [0, 0.05) is 13.2 Å². The van der Waals surface area contributed by atoms with Crippen molar-refractivity contribution in [3.8, 4) is 0 Å². The minimum Gasteiger partial charge on any atom is -0.356 e. The van der Waals surface area contributed by atoms with E-state index in [1.165, 1.54) is 16.2 Å². The van der Waals surface area contributed by atoms with Crippen molar-refractivity contribution in [1.82, 2.24) is 19.9 Å². The van der Waals surface area contributed by atoms with Crippen molar-refractivity contribution in [2.24, 2.45) is 0 Å². The number of carbonyl (C=O) groups is 1. The molecule has 1 amide bonds. The molecule has 0 spiro atoms. The van der Waals surface area contributed by atoms with Crippen LogP contribution >= 0.6 is 22.9 Å². The number of hydrogen-bond donors (Lipinski definition) is 2. The molecular weight excluding hydrogens is 312 g/mol. The fourth-order valence-corrected chi connectivity index (χ4v) is 2.88. The van der Waals surface area contributed by atoms with Crippen molar-refractivity contribution < 1.29 is 4.79 Å². The standard InChI is InChI=1S/C13H11ClN4O2S/c1-18(13(20)9-4-7(14)5-15-9)6-10-16-8-2-3-21-11(8)12(19)17-10/h2-5,15H,6H2,1H3,(H,16,17,19). The quantitative estimate of drug-likeness (QED) is 0.776. The number of H-pyrrole nitrogens is 2. The summed E-state index contributed by atoms with van der Waals surface area (Å²) >= 11 is 7.12. The van der Waals surface area contributed by atoms with Crippen molar-refractivity contribution in [2.45, 2.75) is 6.54 Å². The normalized spacial score (nSPS) is 11.0. The Balaban J connectivity index is 1.84. The van der Waals surface area contributed by atoms with Crippen LogP contribution in [0.1, 0.15) is 16.3 Å². The van der Waals surface area contributed by atoms with E-state index in [1.807, 2.05) is 5.38 Å². The summed E-state index contributed by atoms with van der Waals surface area (Å²) in [7, 11) is 1.63. The highest BCUT2D eigenvalue weighted by atomic mass is 35.5. The Hall–Kier alpha value is -2.12. The molecule has 0 saturated carbocycles. The molecule has 6 nitrogen and oxygen atoms in total. The lowest BCUT2D eigenvalue weighted by atomic mass is 10.3. The van der Waals surface area contributed by atoms with Gasteiger partial charge in [-0.15, -0.1) is 11.3 Å². The Morgan fingerprint density at radius 3 is 3.05 bits per heavy atom. The van der Waals surface area contributed by atoms with E-state index in [0.717, 1.165) is 0 Å². The molecule has 0 unspecified atom stereocenters. The van der Waals surface area contributed by atoms with Crippen molar-refractivity contribution >= 4 is 39.1 Å². The lowest BCUT2D eigenvalue weighted by Crippen LogP contribution is -2.28. The van der Waals surface area contributed by atoms with Gasteiger partial charge in [-0.1, -0.05) is 11.6 Å². The number of thiophene rings is 1. The van der Waals surface area contributed by atoms with Gasteiger partial charge in [-0.25, -0.2) is 4.98 Å². The number of rotatable bonds is 3. The maximum absolute atomic E-state index is 12.2. The molecule has 3 aromatic heterocycles. The van der Waals surface area contributed by atoms with Crippen LogP contribution in [0.4, 0.5) is 0 Å². The van der Waals surface area contributed by atoms with Crippen LogP contribution in [-0.4, -0.2) is 32.8 Å². The molecule has 0 fully saturated rings.